The predicted octanol–water partition coefficient (Wildman–Crippen LogP) is 3.40. The summed E-state index contributed by atoms with van der Waals surface area (Å²) in [7, 11) is 2.89. The minimum atomic E-state index is -1.40. The largest absolute Gasteiger partial charge is 0.493 e. The highest BCUT2D eigenvalue weighted by molar-refractivity contribution is 8.77. The van der Waals surface area contributed by atoms with Crippen LogP contribution in [0.4, 0.5) is 0 Å². The van der Waals surface area contributed by atoms with Crippen molar-refractivity contribution in [1.29, 1.82) is 0 Å². The lowest BCUT2D eigenvalue weighted by atomic mass is 9.95. The second-order valence-corrected chi connectivity index (χ2v) is 9.31. The number of aliphatic carboxylic acids is 4. The van der Waals surface area contributed by atoms with Gasteiger partial charge in [-0.1, -0.05) is 41.0 Å². The molecule has 0 heterocycles. The van der Waals surface area contributed by atoms with E-state index in [1.165, 1.54) is 13.2 Å². The Labute approximate surface area is 192 Å². The van der Waals surface area contributed by atoms with Gasteiger partial charge in [-0.15, -0.1) is 0 Å². The van der Waals surface area contributed by atoms with Crippen molar-refractivity contribution in [1.82, 2.24) is 0 Å². The Balaban J connectivity index is 3.29. The Morgan fingerprint density at radius 2 is 1.59 bits per heavy atom. The maximum Gasteiger partial charge on any atom is 0.318 e. The average Bonchev–Trinajstić information content (AvgIpc) is 2.72. The van der Waals surface area contributed by atoms with Gasteiger partial charge in [0.1, 0.15) is 5.25 Å². The molecule has 0 aliphatic carbocycles. The molecule has 1 rings (SSSR count). The minimum absolute atomic E-state index is 0.314. The standard InChI is InChI=1S/C20H26O10S2/c1-3-4-7-30-13-6-5-11(8-14(13)29-2)18(12(19(25)26)9-16(21)22)32-31-15(20(27)28)10-17(23)24/h5-6,8,12,15,18H,3-4,7,9-10H2,1-2H3,(H,21,22)(H,23,24)(H,25,26)(H,27,28). The summed E-state index contributed by atoms with van der Waals surface area (Å²) >= 11 is 0. The fourth-order valence-electron chi connectivity index (χ4n) is 2.62. The van der Waals surface area contributed by atoms with E-state index in [4.69, 9.17) is 14.6 Å². The number of benzene rings is 1. The Kier molecular flexibility index (Phi) is 11.8. The molecule has 0 aliphatic heterocycles. The van der Waals surface area contributed by atoms with E-state index in [0.29, 0.717) is 34.5 Å². The lowest BCUT2D eigenvalue weighted by Crippen LogP contribution is -2.24. The zero-order valence-electron chi connectivity index (χ0n) is 17.6. The van der Waals surface area contributed by atoms with Gasteiger partial charge in [0.05, 0.1) is 37.7 Å². The summed E-state index contributed by atoms with van der Waals surface area (Å²) < 4.78 is 11.0. The smallest absolute Gasteiger partial charge is 0.318 e. The molecule has 0 spiro atoms. The van der Waals surface area contributed by atoms with Crippen LogP contribution in [-0.4, -0.2) is 63.3 Å². The molecule has 3 atom stereocenters. The van der Waals surface area contributed by atoms with Crippen LogP contribution in [-0.2, 0) is 19.2 Å². The van der Waals surface area contributed by atoms with E-state index >= 15 is 0 Å². The molecular weight excluding hydrogens is 464 g/mol. The van der Waals surface area contributed by atoms with E-state index in [1.54, 1.807) is 12.1 Å². The van der Waals surface area contributed by atoms with Crippen LogP contribution in [0, 0.1) is 5.92 Å². The van der Waals surface area contributed by atoms with Crippen LogP contribution in [0.25, 0.3) is 0 Å². The first kappa shape index (κ1) is 27.4. The van der Waals surface area contributed by atoms with E-state index in [9.17, 15) is 34.5 Å². The molecule has 10 nitrogen and oxygen atoms in total. The Morgan fingerprint density at radius 3 is 2.09 bits per heavy atom. The monoisotopic (exact) mass is 490 g/mol. The lowest BCUT2D eigenvalue weighted by Gasteiger charge is -2.24. The number of carboxylic acids is 4. The molecule has 0 saturated carbocycles. The highest BCUT2D eigenvalue weighted by Gasteiger charge is 2.35. The first-order chi connectivity index (χ1) is 15.1. The number of carbonyl (C=O) groups is 4. The van der Waals surface area contributed by atoms with Crippen LogP contribution in [0.1, 0.15) is 43.4 Å². The van der Waals surface area contributed by atoms with E-state index in [1.807, 2.05) is 6.92 Å². The molecule has 3 unspecified atom stereocenters. The molecule has 0 amide bonds. The summed E-state index contributed by atoms with van der Waals surface area (Å²) in [6.07, 6.45) is 0.359. The van der Waals surface area contributed by atoms with Crippen LogP contribution < -0.4 is 9.47 Å². The van der Waals surface area contributed by atoms with Crippen molar-refractivity contribution in [2.75, 3.05) is 13.7 Å². The lowest BCUT2D eigenvalue weighted by molar-refractivity contribution is -0.148. The van der Waals surface area contributed by atoms with Gasteiger partial charge in [0.2, 0.25) is 0 Å². The summed E-state index contributed by atoms with van der Waals surface area (Å²) in [6.45, 7) is 2.46. The van der Waals surface area contributed by atoms with Gasteiger partial charge in [-0.05, 0) is 24.1 Å². The highest BCUT2D eigenvalue weighted by atomic mass is 33.1. The van der Waals surface area contributed by atoms with E-state index in [0.717, 1.165) is 23.6 Å². The number of methoxy groups -OCH3 is 1. The molecule has 4 N–H and O–H groups in total. The van der Waals surface area contributed by atoms with Gasteiger partial charge in [0.15, 0.2) is 11.5 Å². The van der Waals surface area contributed by atoms with Crippen molar-refractivity contribution in [2.24, 2.45) is 5.92 Å². The highest BCUT2D eigenvalue weighted by Crippen LogP contribution is 2.48. The molecule has 0 bridgehead atoms. The van der Waals surface area contributed by atoms with Crippen molar-refractivity contribution in [3.63, 3.8) is 0 Å². The minimum Gasteiger partial charge on any atom is -0.493 e. The Bertz CT molecular complexity index is 814. The van der Waals surface area contributed by atoms with Gasteiger partial charge in [-0.25, -0.2) is 0 Å². The van der Waals surface area contributed by atoms with Crippen LogP contribution >= 0.6 is 21.6 Å². The number of carboxylic acid groups (broad SMARTS) is 4. The van der Waals surface area contributed by atoms with Crippen LogP contribution in [0.5, 0.6) is 11.5 Å². The van der Waals surface area contributed by atoms with Gasteiger partial charge in [-0.3, -0.25) is 19.2 Å². The fraction of sp³-hybridized carbons (Fsp3) is 0.500. The molecule has 178 valence electrons. The summed E-state index contributed by atoms with van der Waals surface area (Å²) in [5.74, 6) is -6.06. The normalized spacial score (nSPS) is 13.6. The molecule has 0 aromatic heterocycles. The summed E-state index contributed by atoms with van der Waals surface area (Å²) in [4.78, 5) is 45.5. The molecule has 0 radical (unpaired) electrons. The fourth-order valence-corrected chi connectivity index (χ4v) is 5.72. The third-order valence-corrected chi connectivity index (χ3v) is 7.43. The zero-order valence-corrected chi connectivity index (χ0v) is 19.2. The predicted molar refractivity (Wildman–Crippen MR) is 118 cm³/mol. The Morgan fingerprint density at radius 1 is 0.938 bits per heavy atom. The number of unbranched alkanes of at least 4 members (excludes halogenated alkanes) is 1. The van der Waals surface area contributed by atoms with Crippen LogP contribution in [0.3, 0.4) is 0 Å². The molecular formula is C20H26O10S2. The molecule has 1 aromatic rings. The van der Waals surface area contributed by atoms with Gasteiger partial charge < -0.3 is 29.9 Å². The maximum absolute atomic E-state index is 11.8. The van der Waals surface area contributed by atoms with Crippen molar-refractivity contribution < 1.29 is 49.1 Å². The topological polar surface area (TPSA) is 168 Å². The van der Waals surface area contributed by atoms with Crippen molar-refractivity contribution in [2.45, 2.75) is 43.1 Å². The molecule has 0 saturated heterocycles. The first-order valence-electron chi connectivity index (χ1n) is 9.62. The Hall–Kier alpha value is -2.60. The maximum atomic E-state index is 11.8. The van der Waals surface area contributed by atoms with Crippen molar-refractivity contribution in [3.05, 3.63) is 23.8 Å². The molecule has 32 heavy (non-hydrogen) atoms. The average molecular weight is 491 g/mol. The second-order valence-electron chi connectivity index (χ2n) is 6.69. The van der Waals surface area contributed by atoms with Gasteiger partial charge in [0, 0.05) is 0 Å². The van der Waals surface area contributed by atoms with Gasteiger partial charge in [0.25, 0.3) is 0 Å². The number of hydrogen-bond donors (Lipinski definition) is 4. The third kappa shape index (κ3) is 8.87. The molecule has 0 aliphatic rings. The molecule has 12 heteroatoms. The summed E-state index contributed by atoms with van der Waals surface area (Å²) in [6, 6.07) is 4.66. The number of rotatable bonds is 16. The number of ether oxygens (including phenoxy) is 2. The second kappa shape index (κ2) is 13.7. The summed E-state index contributed by atoms with van der Waals surface area (Å²) in [5.41, 5.74) is 0.385. The quantitative estimate of drug-likeness (QED) is 0.197. The molecule has 0 fully saturated rings. The van der Waals surface area contributed by atoms with Gasteiger partial charge in [-0.2, -0.15) is 0 Å². The molecule has 1 aromatic carbocycles. The SMILES string of the molecule is CCCCOc1ccc(C(SSC(CC(=O)O)C(=O)O)C(CC(=O)O)C(=O)O)cc1OC. The summed E-state index contributed by atoms with van der Waals surface area (Å²) in [5, 5.41) is 34.7. The third-order valence-electron chi connectivity index (χ3n) is 4.26. The number of hydrogen-bond acceptors (Lipinski definition) is 8. The van der Waals surface area contributed by atoms with Crippen molar-refractivity contribution in [3.8, 4) is 11.5 Å². The van der Waals surface area contributed by atoms with E-state index in [-0.39, 0.29) is 0 Å². The van der Waals surface area contributed by atoms with Gasteiger partial charge >= 0.3 is 23.9 Å². The first-order valence-corrected chi connectivity index (χ1v) is 11.9. The van der Waals surface area contributed by atoms with E-state index < -0.39 is 53.1 Å². The van der Waals surface area contributed by atoms with Crippen molar-refractivity contribution >= 4 is 45.5 Å². The van der Waals surface area contributed by atoms with Crippen LogP contribution in [0.15, 0.2) is 18.2 Å². The zero-order chi connectivity index (χ0) is 24.3. The van der Waals surface area contributed by atoms with Crippen LogP contribution in [0.2, 0.25) is 0 Å². The van der Waals surface area contributed by atoms with E-state index in [2.05, 4.69) is 0 Å².